The first-order chi connectivity index (χ1) is 10.8. The van der Waals surface area contributed by atoms with E-state index in [-0.39, 0.29) is 12.7 Å². The fourth-order valence-electron chi connectivity index (χ4n) is 2.02. The molecule has 0 saturated heterocycles. The van der Waals surface area contributed by atoms with Gasteiger partial charge in [0.25, 0.3) is 0 Å². The Morgan fingerprint density at radius 1 is 1.36 bits per heavy atom. The van der Waals surface area contributed by atoms with E-state index in [1.165, 1.54) is 11.8 Å². The number of rotatable bonds is 8. The molecule has 0 aliphatic rings. The van der Waals surface area contributed by atoms with E-state index in [2.05, 4.69) is 9.97 Å². The van der Waals surface area contributed by atoms with Gasteiger partial charge in [-0.05, 0) is 30.0 Å². The first-order valence-corrected chi connectivity index (χ1v) is 8.02. The lowest BCUT2D eigenvalue weighted by Crippen LogP contribution is -2.07. The maximum absolute atomic E-state index is 11.5. The summed E-state index contributed by atoms with van der Waals surface area (Å²) in [4.78, 5) is 20.0. The number of hydrogen-bond acceptors (Lipinski definition) is 6. The van der Waals surface area contributed by atoms with E-state index in [0.29, 0.717) is 17.3 Å². The molecule has 6 heteroatoms. The number of ether oxygens (including phenoxy) is 2. The van der Waals surface area contributed by atoms with Crippen molar-refractivity contribution >= 4 is 18.0 Å². The van der Waals surface area contributed by atoms with Crippen LogP contribution in [0.3, 0.4) is 0 Å². The summed E-state index contributed by atoms with van der Waals surface area (Å²) >= 11 is 1.48. The van der Waals surface area contributed by atoms with Crippen LogP contribution in [0.2, 0.25) is 0 Å². The van der Waals surface area contributed by atoms with E-state index in [1.807, 2.05) is 36.6 Å². The standard InChI is InChI=1S/C16H18N2O3S/c1-20-11-21-15-5-3-4-12(9-15)13(10-19)8-14-6-7-17-16(18-14)22-2/h3-7,9-10,13H,8,11H2,1-2H3. The van der Waals surface area contributed by atoms with Gasteiger partial charge in [-0.2, -0.15) is 0 Å². The Hall–Kier alpha value is -1.92. The molecule has 1 aromatic carbocycles. The Balaban J connectivity index is 2.15. The van der Waals surface area contributed by atoms with Crippen LogP contribution in [0.5, 0.6) is 5.75 Å². The highest BCUT2D eigenvalue weighted by atomic mass is 32.2. The van der Waals surface area contributed by atoms with Crippen LogP contribution >= 0.6 is 11.8 Å². The van der Waals surface area contributed by atoms with Gasteiger partial charge in [0.1, 0.15) is 12.0 Å². The van der Waals surface area contributed by atoms with Crippen molar-refractivity contribution in [2.45, 2.75) is 17.5 Å². The molecule has 5 nitrogen and oxygen atoms in total. The van der Waals surface area contributed by atoms with Gasteiger partial charge in [0.2, 0.25) is 0 Å². The maximum Gasteiger partial charge on any atom is 0.188 e. The van der Waals surface area contributed by atoms with Crippen molar-refractivity contribution in [1.29, 1.82) is 0 Å². The van der Waals surface area contributed by atoms with Gasteiger partial charge in [0.15, 0.2) is 11.9 Å². The molecule has 2 rings (SSSR count). The monoisotopic (exact) mass is 318 g/mol. The van der Waals surface area contributed by atoms with Crippen molar-refractivity contribution in [3.8, 4) is 5.75 Å². The summed E-state index contributed by atoms with van der Waals surface area (Å²) in [6, 6.07) is 9.30. The number of methoxy groups -OCH3 is 1. The summed E-state index contributed by atoms with van der Waals surface area (Å²) in [6.07, 6.45) is 5.12. The normalized spacial score (nSPS) is 11.9. The molecule has 0 aliphatic carbocycles. The summed E-state index contributed by atoms with van der Waals surface area (Å²) in [7, 11) is 1.57. The average Bonchev–Trinajstić information content (AvgIpc) is 2.58. The summed E-state index contributed by atoms with van der Waals surface area (Å²) in [5.41, 5.74) is 1.74. The van der Waals surface area contributed by atoms with Crippen LogP contribution in [0.25, 0.3) is 0 Å². The van der Waals surface area contributed by atoms with Crippen molar-refractivity contribution in [3.05, 3.63) is 47.8 Å². The molecule has 0 amide bonds. The number of aromatic nitrogens is 2. The number of carbonyl (C=O) groups excluding carboxylic acids is 1. The first-order valence-electron chi connectivity index (χ1n) is 6.79. The molecule has 0 aliphatic heterocycles. The molecule has 116 valence electrons. The molecule has 0 saturated carbocycles. The number of benzene rings is 1. The van der Waals surface area contributed by atoms with Gasteiger partial charge in [-0.15, -0.1) is 0 Å². The largest absolute Gasteiger partial charge is 0.468 e. The highest BCUT2D eigenvalue weighted by molar-refractivity contribution is 7.98. The van der Waals surface area contributed by atoms with E-state index >= 15 is 0 Å². The molecule has 0 fully saturated rings. The number of hydrogen-bond donors (Lipinski definition) is 0. The third-order valence-electron chi connectivity index (χ3n) is 3.10. The van der Waals surface area contributed by atoms with Crippen LogP contribution in [0.15, 0.2) is 41.7 Å². The molecule has 1 aromatic heterocycles. The molecular formula is C16H18N2O3S. The summed E-state index contributed by atoms with van der Waals surface area (Å²) in [5, 5.41) is 0.708. The second-order valence-corrected chi connectivity index (χ2v) is 5.38. The van der Waals surface area contributed by atoms with Gasteiger partial charge < -0.3 is 14.3 Å². The van der Waals surface area contributed by atoms with Gasteiger partial charge >= 0.3 is 0 Å². The van der Waals surface area contributed by atoms with Gasteiger partial charge in [-0.3, -0.25) is 0 Å². The van der Waals surface area contributed by atoms with E-state index in [1.54, 1.807) is 13.3 Å². The highest BCUT2D eigenvalue weighted by Gasteiger charge is 2.13. The summed E-state index contributed by atoms with van der Waals surface area (Å²) in [5.74, 6) is 0.411. The molecule has 0 radical (unpaired) electrons. The van der Waals surface area contributed by atoms with Crippen LogP contribution in [0, 0.1) is 0 Å². The molecule has 0 N–H and O–H groups in total. The average molecular weight is 318 g/mol. The van der Waals surface area contributed by atoms with Crippen molar-refractivity contribution in [1.82, 2.24) is 9.97 Å². The second-order valence-electron chi connectivity index (χ2n) is 4.60. The Labute approximate surface area is 134 Å². The smallest absolute Gasteiger partial charge is 0.188 e. The van der Waals surface area contributed by atoms with Crippen LogP contribution in [0.1, 0.15) is 17.2 Å². The molecule has 1 unspecified atom stereocenters. The van der Waals surface area contributed by atoms with Gasteiger partial charge in [-0.25, -0.2) is 9.97 Å². The van der Waals surface area contributed by atoms with Crippen molar-refractivity contribution < 1.29 is 14.3 Å². The molecule has 1 atom stereocenters. The lowest BCUT2D eigenvalue weighted by Gasteiger charge is -2.12. The summed E-state index contributed by atoms with van der Waals surface area (Å²) in [6.45, 7) is 0.179. The number of aldehydes is 1. The summed E-state index contributed by atoms with van der Waals surface area (Å²) < 4.78 is 10.3. The zero-order valence-corrected chi connectivity index (χ0v) is 13.4. The minimum absolute atomic E-state index is 0.179. The first kappa shape index (κ1) is 16.5. The fraction of sp³-hybridized carbons (Fsp3) is 0.312. The lowest BCUT2D eigenvalue weighted by molar-refractivity contribution is -0.109. The topological polar surface area (TPSA) is 61.3 Å². The van der Waals surface area contributed by atoms with E-state index in [9.17, 15) is 4.79 Å². The minimum Gasteiger partial charge on any atom is -0.468 e. The minimum atomic E-state index is -0.268. The van der Waals surface area contributed by atoms with Gasteiger partial charge in [-0.1, -0.05) is 23.9 Å². The van der Waals surface area contributed by atoms with Gasteiger partial charge in [0.05, 0.1) is 0 Å². The Morgan fingerprint density at radius 3 is 2.95 bits per heavy atom. The number of thioether (sulfide) groups is 1. The molecular weight excluding hydrogens is 300 g/mol. The highest BCUT2D eigenvalue weighted by Crippen LogP contribution is 2.23. The van der Waals surface area contributed by atoms with E-state index in [0.717, 1.165) is 17.5 Å². The van der Waals surface area contributed by atoms with Gasteiger partial charge in [0, 0.05) is 31.3 Å². The van der Waals surface area contributed by atoms with Crippen molar-refractivity contribution in [2.75, 3.05) is 20.2 Å². The lowest BCUT2D eigenvalue weighted by atomic mass is 9.95. The maximum atomic E-state index is 11.5. The third kappa shape index (κ3) is 4.54. The van der Waals surface area contributed by atoms with Crippen LogP contribution in [-0.4, -0.2) is 36.4 Å². The third-order valence-corrected chi connectivity index (χ3v) is 3.66. The Bertz CT molecular complexity index is 622. The second kappa shape index (κ2) is 8.51. The predicted octanol–water partition coefficient (Wildman–Crippen LogP) is 2.71. The van der Waals surface area contributed by atoms with Crippen LogP contribution in [-0.2, 0) is 16.0 Å². The predicted molar refractivity (Wildman–Crippen MR) is 85.3 cm³/mol. The van der Waals surface area contributed by atoms with Crippen molar-refractivity contribution in [3.63, 3.8) is 0 Å². The van der Waals surface area contributed by atoms with Crippen LogP contribution < -0.4 is 4.74 Å². The molecule has 1 heterocycles. The number of nitrogens with zero attached hydrogens (tertiary/aromatic N) is 2. The molecule has 22 heavy (non-hydrogen) atoms. The number of carbonyl (C=O) groups is 1. The van der Waals surface area contributed by atoms with Crippen molar-refractivity contribution in [2.24, 2.45) is 0 Å². The van der Waals surface area contributed by atoms with E-state index < -0.39 is 0 Å². The van der Waals surface area contributed by atoms with Crippen LogP contribution in [0.4, 0.5) is 0 Å². The molecule has 0 bridgehead atoms. The fourth-order valence-corrected chi connectivity index (χ4v) is 2.39. The zero-order valence-electron chi connectivity index (χ0n) is 12.6. The molecule has 0 spiro atoms. The quantitative estimate of drug-likeness (QED) is 0.323. The SMILES string of the molecule is COCOc1cccc(C(C=O)Cc2ccnc(SC)n2)c1. The van der Waals surface area contributed by atoms with E-state index in [4.69, 9.17) is 9.47 Å². The Morgan fingerprint density at radius 2 is 2.23 bits per heavy atom. The zero-order chi connectivity index (χ0) is 15.8. The molecule has 2 aromatic rings. The Kier molecular flexibility index (Phi) is 6.36.